The van der Waals surface area contributed by atoms with Crippen LogP contribution < -0.4 is 0 Å². The van der Waals surface area contributed by atoms with E-state index in [1.54, 1.807) is 6.92 Å². The van der Waals surface area contributed by atoms with Gasteiger partial charge in [0.15, 0.2) is 0 Å². The third-order valence-electron chi connectivity index (χ3n) is 9.72. The van der Waals surface area contributed by atoms with Crippen molar-refractivity contribution in [2.75, 3.05) is 39.6 Å². The van der Waals surface area contributed by atoms with Crippen LogP contribution in [0.5, 0.6) is 0 Å². The highest BCUT2D eigenvalue weighted by Gasteiger charge is 2.71. The Morgan fingerprint density at radius 2 is 0.950 bits per heavy atom. The Kier molecular flexibility index (Phi) is 8.66. The zero-order valence-corrected chi connectivity index (χ0v) is 24.6. The summed E-state index contributed by atoms with van der Waals surface area (Å²) in [6.45, 7) is 10.4. The van der Waals surface area contributed by atoms with Crippen molar-refractivity contribution in [1.29, 1.82) is 0 Å². The van der Waals surface area contributed by atoms with Crippen LogP contribution in [-0.2, 0) is 38.0 Å². The Morgan fingerprint density at radius 3 is 1.25 bits per heavy atom. The van der Waals surface area contributed by atoms with Crippen LogP contribution in [0.15, 0.2) is 12.2 Å². The summed E-state index contributed by atoms with van der Waals surface area (Å²) in [5.74, 6) is -0.319. The van der Waals surface area contributed by atoms with E-state index in [4.69, 9.17) is 33.2 Å². The lowest BCUT2D eigenvalue weighted by Gasteiger charge is -2.68. The molecular weight excluding hydrogens is 512 g/mol. The van der Waals surface area contributed by atoms with Crippen LogP contribution in [0.3, 0.4) is 0 Å². The summed E-state index contributed by atoms with van der Waals surface area (Å²) >= 11 is 0. The van der Waals surface area contributed by atoms with Crippen LogP contribution >= 0.6 is 0 Å². The fourth-order valence-corrected chi connectivity index (χ4v) is 8.12. The molecule has 3 saturated heterocycles. The second-order valence-corrected chi connectivity index (χ2v) is 13.9. The molecule has 3 atom stereocenters. The van der Waals surface area contributed by atoms with Gasteiger partial charge < -0.3 is 33.2 Å². The Balaban J connectivity index is 1.16. The van der Waals surface area contributed by atoms with Crippen LogP contribution in [0.25, 0.3) is 0 Å². The van der Waals surface area contributed by atoms with Gasteiger partial charge in [-0.1, -0.05) is 6.58 Å². The van der Waals surface area contributed by atoms with Crippen LogP contribution in [0.2, 0.25) is 0 Å². The molecule has 0 N–H and O–H groups in total. The highest BCUT2D eigenvalue weighted by molar-refractivity contribution is 5.87. The summed E-state index contributed by atoms with van der Waals surface area (Å²) in [7, 11) is 0. The van der Waals surface area contributed by atoms with Crippen molar-refractivity contribution in [3.8, 4) is 0 Å². The number of ether oxygens (including phenoxy) is 7. The van der Waals surface area contributed by atoms with Crippen molar-refractivity contribution in [3.05, 3.63) is 12.2 Å². The first-order valence-corrected chi connectivity index (χ1v) is 16.0. The average Bonchev–Trinajstić information content (AvgIpc) is 3.72. The molecule has 8 nitrogen and oxygen atoms in total. The van der Waals surface area contributed by atoms with E-state index in [1.165, 1.54) is 0 Å². The first-order valence-electron chi connectivity index (χ1n) is 16.0. The van der Waals surface area contributed by atoms with Gasteiger partial charge in [0.25, 0.3) is 0 Å². The molecule has 8 heteroatoms. The van der Waals surface area contributed by atoms with E-state index in [1.807, 2.05) is 0 Å². The molecule has 0 aromatic heterocycles. The lowest BCUT2D eigenvalue weighted by atomic mass is 9.48. The van der Waals surface area contributed by atoms with Gasteiger partial charge in [-0.25, -0.2) is 4.79 Å². The number of hydrogen-bond donors (Lipinski definition) is 0. The van der Waals surface area contributed by atoms with E-state index in [0.717, 1.165) is 96.9 Å². The molecule has 3 heterocycles. The normalized spacial score (nSPS) is 40.3. The molecule has 226 valence electrons. The predicted octanol–water partition coefficient (Wildman–Crippen LogP) is 5.20. The van der Waals surface area contributed by atoms with Crippen molar-refractivity contribution in [2.45, 2.75) is 144 Å². The molecule has 0 aromatic carbocycles. The van der Waals surface area contributed by atoms with Crippen LogP contribution in [0, 0.1) is 0 Å². The monoisotopic (exact) mass is 562 g/mol. The van der Waals surface area contributed by atoms with Gasteiger partial charge in [0.05, 0.1) is 54.9 Å². The maximum atomic E-state index is 13.0. The first-order chi connectivity index (χ1) is 19.3. The molecule has 7 rings (SSSR count). The first kappa shape index (κ1) is 29.1. The molecule has 7 fully saturated rings. The smallest absolute Gasteiger partial charge is 0.333 e. The Bertz CT molecular complexity index is 805. The molecule has 3 unspecified atom stereocenters. The largest absolute Gasteiger partial charge is 0.455 e. The molecule has 4 saturated carbocycles. The van der Waals surface area contributed by atoms with Gasteiger partial charge in [0.2, 0.25) is 0 Å². The number of rotatable bonds is 20. The molecule has 4 aliphatic carbocycles. The molecule has 40 heavy (non-hydrogen) atoms. The SMILES string of the molecule is C=C(C)C(=O)OC12CC3(OCCCCC4CO4)CC(OCCCCC4CO4)(CC(OCCCCC4CO4)(C3)C1)C2. The number of epoxide rings is 3. The summed E-state index contributed by atoms with van der Waals surface area (Å²) in [5.41, 5.74) is -1.46. The van der Waals surface area contributed by atoms with Crippen molar-refractivity contribution in [1.82, 2.24) is 0 Å². The minimum absolute atomic E-state index is 0.319. The van der Waals surface area contributed by atoms with E-state index < -0.39 is 22.4 Å². The molecule has 4 bridgehead atoms. The predicted molar refractivity (Wildman–Crippen MR) is 148 cm³/mol. The second-order valence-electron chi connectivity index (χ2n) is 13.9. The van der Waals surface area contributed by atoms with Crippen molar-refractivity contribution in [3.63, 3.8) is 0 Å². The van der Waals surface area contributed by atoms with Crippen molar-refractivity contribution >= 4 is 5.97 Å². The van der Waals surface area contributed by atoms with E-state index in [9.17, 15) is 4.79 Å². The van der Waals surface area contributed by atoms with Gasteiger partial charge in [0, 0.05) is 63.9 Å². The highest BCUT2D eigenvalue weighted by atomic mass is 16.6. The van der Waals surface area contributed by atoms with Gasteiger partial charge in [0.1, 0.15) is 5.60 Å². The van der Waals surface area contributed by atoms with E-state index >= 15 is 0 Å². The van der Waals surface area contributed by atoms with Gasteiger partial charge in [-0.05, 0) is 64.7 Å². The van der Waals surface area contributed by atoms with E-state index in [0.29, 0.717) is 63.0 Å². The maximum Gasteiger partial charge on any atom is 0.333 e. The molecule has 0 amide bonds. The molecule has 0 spiro atoms. The van der Waals surface area contributed by atoms with Crippen LogP contribution in [0.1, 0.15) is 103 Å². The number of carbonyl (C=O) groups is 1. The van der Waals surface area contributed by atoms with E-state index in [-0.39, 0.29) is 5.97 Å². The Morgan fingerprint density at radius 1 is 0.625 bits per heavy atom. The van der Waals surface area contributed by atoms with E-state index in [2.05, 4.69) is 6.58 Å². The Hall–Kier alpha value is -1.03. The fourth-order valence-electron chi connectivity index (χ4n) is 8.12. The average molecular weight is 563 g/mol. The standard InChI is InChI=1S/C32H50O8/c1-24(2)28(33)40-32-21-29(37-12-6-3-9-25-15-34-25)18-30(22-32,38-13-7-4-10-26-16-35-26)20-31(19-29,23-32)39-14-8-5-11-27-17-36-27/h25-27H,1,3-23H2,2H3. The molecular formula is C32H50O8. The van der Waals surface area contributed by atoms with Gasteiger partial charge in [-0.2, -0.15) is 0 Å². The van der Waals surface area contributed by atoms with Gasteiger partial charge in [-0.3, -0.25) is 0 Å². The van der Waals surface area contributed by atoms with Crippen LogP contribution in [0.4, 0.5) is 0 Å². The van der Waals surface area contributed by atoms with Crippen molar-refractivity contribution < 1.29 is 38.0 Å². The molecule has 7 aliphatic rings. The lowest BCUT2D eigenvalue weighted by Crippen LogP contribution is -2.74. The maximum absolute atomic E-state index is 13.0. The number of hydrogen-bond acceptors (Lipinski definition) is 8. The number of carbonyl (C=O) groups excluding carboxylic acids is 1. The minimum Gasteiger partial charge on any atom is -0.455 e. The summed E-state index contributed by atoms with van der Waals surface area (Å²) in [6.07, 6.45) is 15.7. The van der Waals surface area contributed by atoms with Crippen LogP contribution in [-0.4, -0.2) is 86.3 Å². The summed E-state index contributed by atoms with van der Waals surface area (Å²) in [5, 5.41) is 0. The number of unbranched alkanes of at least 4 members (excludes halogenated alkanes) is 3. The lowest BCUT2D eigenvalue weighted by molar-refractivity contribution is -0.327. The fraction of sp³-hybridized carbons (Fsp3) is 0.906. The Labute approximate surface area is 239 Å². The van der Waals surface area contributed by atoms with Crippen molar-refractivity contribution in [2.24, 2.45) is 0 Å². The quantitative estimate of drug-likeness (QED) is 0.0866. The molecule has 0 radical (unpaired) electrons. The summed E-state index contributed by atoms with van der Waals surface area (Å²) in [4.78, 5) is 13.0. The second kappa shape index (κ2) is 11.9. The summed E-state index contributed by atoms with van der Waals surface area (Å²) in [6, 6.07) is 0. The highest BCUT2D eigenvalue weighted by Crippen LogP contribution is 2.65. The third-order valence-corrected chi connectivity index (χ3v) is 9.72. The third kappa shape index (κ3) is 7.48. The molecule has 3 aliphatic heterocycles. The van der Waals surface area contributed by atoms with Gasteiger partial charge in [-0.15, -0.1) is 0 Å². The summed E-state index contributed by atoms with van der Waals surface area (Å²) < 4.78 is 43.1. The molecule has 0 aromatic rings. The van der Waals surface area contributed by atoms with Gasteiger partial charge >= 0.3 is 5.97 Å². The topological polar surface area (TPSA) is 91.6 Å². The number of esters is 1. The minimum atomic E-state index is -0.656. The zero-order chi connectivity index (χ0) is 27.7. The zero-order valence-electron chi connectivity index (χ0n) is 24.6.